The number of hydrogen-bond acceptors (Lipinski definition) is 4. The fourth-order valence-corrected chi connectivity index (χ4v) is 2.43. The first-order chi connectivity index (χ1) is 9.50. The van der Waals surface area contributed by atoms with Gasteiger partial charge in [-0.25, -0.2) is 4.98 Å². The van der Waals surface area contributed by atoms with E-state index in [1.54, 1.807) is 4.90 Å². The zero-order valence-corrected chi connectivity index (χ0v) is 11.3. The predicted molar refractivity (Wildman–Crippen MR) is 71.7 cm³/mol. The molecule has 0 saturated carbocycles. The Labute approximate surface area is 118 Å². The molecule has 0 amide bonds. The molecule has 108 valence electrons. The van der Waals surface area contributed by atoms with Crippen molar-refractivity contribution in [1.82, 2.24) is 4.98 Å². The first-order valence-electron chi connectivity index (χ1n) is 5.91. The molecule has 1 N–H and O–H groups in total. The summed E-state index contributed by atoms with van der Waals surface area (Å²) in [5, 5.41) is 12.9. The molecule has 2 aromatic heterocycles. The Bertz CT molecular complexity index is 543. The summed E-state index contributed by atoms with van der Waals surface area (Å²) in [6.07, 6.45) is -3.26. The molecule has 3 nitrogen and oxygen atoms in total. The summed E-state index contributed by atoms with van der Waals surface area (Å²) < 4.78 is 38.1. The maximum Gasteiger partial charge on any atom is 0.416 e. The van der Waals surface area contributed by atoms with E-state index in [1.807, 2.05) is 16.8 Å². The highest BCUT2D eigenvalue weighted by Gasteiger charge is 2.31. The van der Waals surface area contributed by atoms with Crippen LogP contribution in [0.2, 0.25) is 0 Å². The molecule has 7 heteroatoms. The molecular weight excluding hydrogens is 289 g/mol. The van der Waals surface area contributed by atoms with Gasteiger partial charge < -0.3 is 10.0 Å². The molecule has 0 fully saturated rings. The van der Waals surface area contributed by atoms with Crippen molar-refractivity contribution in [1.29, 1.82) is 0 Å². The van der Waals surface area contributed by atoms with Gasteiger partial charge in [0.25, 0.3) is 0 Å². The topological polar surface area (TPSA) is 36.4 Å². The summed E-state index contributed by atoms with van der Waals surface area (Å²) in [5.41, 5.74) is 0.235. The van der Waals surface area contributed by atoms with Gasteiger partial charge in [-0.05, 0) is 34.5 Å². The van der Waals surface area contributed by atoms with Crippen LogP contribution in [-0.2, 0) is 12.7 Å². The van der Waals surface area contributed by atoms with Gasteiger partial charge in [0.1, 0.15) is 5.82 Å². The summed E-state index contributed by atoms with van der Waals surface area (Å²) in [7, 11) is 0. The fraction of sp³-hybridized carbons (Fsp3) is 0.308. The monoisotopic (exact) mass is 302 g/mol. The number of aliphatic hydroxyl groups is 1. The van der Waals surface area contributed by atoms with Crippen molar-refractivity contribution in [3.05, 3.63) is 46.3 Å². The van der Waals surface area contributed by atoms with Crippen LogP contribution in [0.4, 0.5) is 19.0 Å². The number of aromatic nitrogens is 1. The average Bonchev–Trinajstić information content (AvgIpc) is 2.90. The summed E-state index contributed by atoms with van der Waals surface area (Å²) in [5.74, 6) is 0.208. The Balaban J connectivity index is 2.25. The van der Waals surface area contributed by atoms with Crippen LogP contribution in [0.5, 0.6) is 0 Å². The maximum absolute atomic E-state index is 12.7. The Hall–Kier alpha value is -1.60. The van der Waals surface area contributed by atoms with Crippen molar-refractivity contribution in [2.45, 2.75) is 12.7 Å². The second kappa shape index (κ2) is 6.23. The number of anilines is 1. The van der Waals surface area contributed by atoms with Crippen LogP contribution in [0, 0.1) is 0 Å². The fourth-order valence-electron chi connectivity index (χ4n) is 1.77. The van der Waals surface area contributed by atoms with Crippen molar-refractivity contribution in [2.75, 3.05) is 18.1 Å². The summed E-state index contributed by atoms with van der Waals surface area (Å²) in [4.78, 5) is 5.59. The first-order valence-corrected chi connectivity index (χ1v) is 6.85. The normalized spacial score (nSPS) is 11.6. The van der Waals surface area contributed by atoms with Gasteiger partial charge >= 0.3 is 6.18 Å². The Morgan fingerprint density at radius 1 is 1.30 bits per heavy atom. The third-order valence-electron chi connectivity index (χ3n) is 2.72. The van der Waals surface area contributed by atoms with Crippen molar-refractivity contribution in [2.24, 2.45) is 0 Å². The zero-order valence-electron chi connectivity index (χ0n) is 10.5. The van der Waals surface area contributed by atoms with Crippen LogP contribution >= 0.6 is 11.3 Å². The van der Waals surface area contributed by atoms with E-state index in [-0.39, 0.29) is 19.0 Å². The molecule has 0 saturated heterocycles. The van der Waals surface area contributed by atoms with E-state index in [1.165, 1.54) is 11.3 Å². The first kappa shape index (κ1) is 14.8. The second-order valence-corrected chi connectivity index (χ2v) is 4.96. The lowest BCUT2D eigenvalue weighted by Crippen LogP contribution is -2.27. The van der Waals surface area contributed by atoms with Crippen molar-refractivity contribution in [3.63, 3.8) is 0 Å². The van der Waals surface area contributed by atoms with Crippen LogP contribution in [-0.4, -0.2) is 23.2 Å². The largest absolute Gasteiger partial charge is 0.416 e. The smallest absolute Gasteiger partial charge is 0.395 e. The number of hydrogen-bond donors (Lipinski definition) is 1. The minimum absolute atomic E-state index is 0.151. The number of rotatable bonds is 5. The molecule has 0 aliphatic rings. The van der Waals surface area contributed by atoms with Crippen LogP contribution in [0.1, 0.15) is 11.1 Å². The molecule has 20 heavy (non-hydrogen) atoms. The highest BCUT2D eigenvalue weighted by atomic mass is 32.1. The molecule has 0 aliphatic heterocycles. The number of thiophene rings is 1. The molecule has 0 unspecified atom stereocenters. The number of aliphatic hydroxyl groups excluding tert-OH is 1. The van der Waals surface area contributed by atoms with E-state index in [4.69, 9.17) is 5.11 Å². The van der Waals surface area contributed by atoms with Gasteiger partial charge in [0, 0.05) is 19.3 Å². The lowest BCUT2D eigenvalue weighted by molar-refractivity contribution is -0.137. The minimum atomic E-state index is -4.40. The second-order valence-electron chi connectivity index (χ2n) is 4.18. The van der Waals surface area contributed by atoms with Crippen molar-refractivity contribution >= 4 is 17.2 Å². The van der Waals surface area contributed by atoms with Crippen LogP contribution in [0.25, 0.3) is 0 Å². The van der Waals surface area contributed by atoms with Gasteiger partial charge in [-0.15, -0.1) is 0 Å². The van der Waals surface area contributed by atoms with E-state index in [0.717, 1.165) is 23.9 Å². The standard InChI is InChI=1S/C13H13F3N2OS/c14-13(15,16)11-1-3-17-12(7-11)18(4-5-19)8-10-2-6-20-9-10/h1-3,6-7,9,19H,4-5,8H2. The molecule has 0 aliphatic carbocycles. The number of halogens is 3. The van der Waals surface area contributed by atoms with Gasteiger partial charge in [0.2, 0.25) is 0 Å². The lowest BCUT2D eigenvalue weighted by atomic mass is 10.2. The molecule has 2 rings (SSSR count). The highest BCUT2D eigenvalue weighted by molar-refractivity contribution is 7.07. The van der Waals surface area contributed by atoms with Crippen molar-refractivity contribution < 1.29 is 18.3 Å². The predicted octanol–water partition coefficient (Wildman–Crippen LogP) is 3.16. The van der Waals surface area contributed by atoms with Crippen molar-refractivity contribution in [3.8, 4) is 0 Å². The third-order valence-corrected chi connectivity index (χ3v) is 3.45. The third kappa shape index (κ3) is 3.71. The van der Waals surface area contributed by atoms with Crippen LogP contribution in [0.15, 0.2) is 35.2 Å². The SMILES string of the molecule is OCCN(Cc1ccsc1)c1cc(C(F)(F)F)ccn1. The average molecular weight is 302 g/mol. The van der Waals surface area contributed by atoms with Crippen LogP contribution in [0.3, 0.4) is 0 Å². The molecule has 2 heterocycles. The van der Waals surface area contributed by atoms with E-state index >= 15 is 0 Å². The molecule has 0 aromatic carbocycles. The molecular formula is C13H13F3N2OS. The highest BCUT2D eigenvalue weighted by Crippen LogP contribution is 2.31. The number of alkyl halides is 3. The van der Waals surface area contributed by atoms with E-state index < -0.39 is 11.7 Å². The quantitative estimate of drug-likeness (QED) is 0.921. The van der Waals surface area contributed by atoms with Gasteiger partial charge in [-0.2, -0.15) is 24.5 Å². The molecule has 0 atom stereocenters. The zero-order chi connectivity index (χ0) is 14.6. The summed E-state index contributed by atoms with van der Waals surface area (Å²) >= 11 is 1.51. The number of nitrogens with zero attached hydrogens (tertiary/aromatic N) is 2. The minimum Gasteiger partial charge on any atom is -0.395 e. The van der Waals surface area contributed by atoms with Crippen LogP contribution < -0.4 is 4.90 Å². The number of pyridine rings is 1. The van der Waals surface area contributed by atoms with E-state index in [9.17, 15) is 13.2 Å². The molecule has 0 bridgehead atoms. The van der Waals surface area contributed by atoms with E-state index in [0.29, 0.717) is 6.54 Å². The maximum atomic E-state index is 12.7. The molecule has 0 spiro atoms. The Kier molecular flexibility index (Phi) is 4.61. The van der Waals surface area contributed by atoms with Gasteiger partial charge in [-0.1, -0.05) is 0 Å². The van der Waals surface area contributed by atoms with E-state index in [2.05, 4.69) is 4.98 Å². The Morgan fingerprint density at radius 3 is 2.70 bits per heavy atom. The summed E-state index contributed by atoms with van der Waals surface area (Å²) in [6.45, 7) is 0.491. The van der Waals surface area contributed by atoms with Gasteiger partial charge in [0.05, 0.1) is 12.2 Å². The molecule has 2 aromatic rings. The van der Waals surface area contributed by atoms with Gasteiger partial charge in [0.15, 0.2) is 0 Å². The lowest BCUT2D eigenvalue weighted by Gasteiger charge is -2.23. The van der Waals surface area contributed by atoms with Gasteiger partial charge in [-0.3, -0.25) is 0 Å². The summed E-state index contributed by atoms with van der Waals surface area (Å²) in [6, 6.07) is 3.83. The Morgan fingerprint density at radius 2 is 2.10 bits per heavy atom. The molecule has 0 radical (unpaired) electrons.